The Bertz CT molecular complexity index is 2490. The van der Waals surface area contributed by atoms with E-state index in [-0.39, 0.29) is 48.1 Å². The molecule has 1 aliphatic carbocycles. The molecule has 0 bridgehead atoms. The van der Waals surface area contributed by atoms with Gasteiger partial charge in [-0.15, -0.1) is 0 Å². The fraction of sp³-hybridized carbons (Fsp3) is 0.372. The summed E-state index contributed by atoms with van der Waals surface area (Å²) < 4.78 is 95.3. The monoisotopic (exact) mass is 898 g/mol. The Morgan fingerprint density at radius 3 is 2.25 bits per heavy atom. The first kappa shape index (κ1) is 44.8. The number of hydrogen-bond donors (Lipinski definition) is 1. The highest BCUT2D eigenvalue weighted by atomic mass is 35.5. The number of carbonyl (C=O) groups excluding carboxylic acids is 3. The van der Waals surface area contributed by atoms with E-state index in [2.05, 4.69) is 20.5 Å². The number of aromatic nitrogens is 5. The van der Waals surface area contributed by atoms with E-state index in [1.54, 1.807) is 54.6 Å². The maximum atomic E-state index is 15.6. The molecule has 3 aromatic carbocycles. The fourth-order valence-electron chi connectivity index (χ4n) is 7.46. The number of nitrogens with one attached hydrogen (secondary N) is 1. The molecule has 63 heavy (non-hydrogen) atoms. The number of aliphatic imine (C=N–C) groups is 1. The summed E-state index contributed by atoms with van der Waals surface area (Å²) in [4.78, 5) is 52.2. The first-order valence-electron chi connectivity index (χ1n) is 19.7. The summed E-state index contributed by atoms with van der Waals surface area (Å²) in [5.74, 6) is -2.85. The number of rotatable bonds is 15. The first-order chi connectivity index (χ1) is 29.9. The van der Waals surface area contributed by atoms with E-state index in [1.807, 2.05) is 20.8 Å². The Labute approximate surface area is 362 Å². The van der Waals surface area contributed by atoms with Crippen LogP contribution >= 0.6 is 11.6 Å². The minimum absolute atomic E-state index is 0.00816. The van der Waals surface area contributed by atoms with Crippen molar-refractivity contribution in [2.45, 2.75) is 84.0 Å². The molecule has 3 heterocycles. The number of alkyl halides is 6. The van der Waals surface area contributed by atoms with E-state index in [9.17, 15) is 35.9 Å². The molecule has 2 amide bonds. The highest BCUT2D eigenvalue weighted by molar-refractivity contribution is 6.32. The molecule has 13 nitrogen and oxygen atoms in total. The van der Waals surface area contributed by atoms with Crippen LogP contribution in [0.3, 0.4) is 0 Å². The average molecular weight is 899 g/mol. The van der Waals surface area contributed by atoms with Gasteiger partial charge in [0.15, 0.2) is 11.4 Å². The van der Waals surface area contributed by atoms with E-state index in [0.29, 0.717) is 26.9 Å². The van der Waals surface area contributed by atoms with Crippen LogP contribution in [0.4, 0.5) is 31.1 Å². The second kappa shape index (κ2) is 17.9. The number of alkyl carbamates (subject to hydrolysis) is 1. The Morgan fingerprint density at radius 2 is 1.63 bits per heavy atom. The number of ether oxygens (including phenoxy) is 2. The molecular weight excluding hydrogens is 858 g/mol. The number of nitrogens with zero attached hydrogens (tertiary/aromatic N) is 7. The van der Waals surface area contributed by atoms with Crippen LogP contribution in [0.1, 0.15) is 88.0 Å². The number of hydrogen-bond acceptors (Lipinski definition) is 9. The summed E-state index contributed by atoms with van der Waals surface area (Å²) in [5, 5.41) is 10.2. The van der Waals surface area contributed by atoms with Gasteiger partial charge in [-0.25, -0.2) is 41.7 Å². The quantitative estimate of drug-likeness (QED) is 0.0808. The van der Waals surface area contributed by atoms with Crippen LogP contribution in [0, 0.1) is 10.8 Å². The van der Waals surface area contributed by atoms with Crippen molar-refractivity contribution in [1.29, 1.82) is 0 Å². The molecule has 1 fully saturated rings. The van der Waals surface area contributed by atoms with Crippen molar-refractivity contribution < 1.29 is 50.2 Å². The van der Waals surface area contributed by atoms with Gasteiger partial charge < -0.3 is 9.47 Å². The second-order valence-corrected chi connectivity index (χ2v) is 16.9. The summed E-state index contributed by atoms with van der Waals surface area (Å²) in [7, 11) is 0. The van der Waals surface area contributed by atoms with E-state index in [0.717, 1.165) is 22.1 Å². The molecular formula is C43H41ClF6N8O5. The average Bonchev–Trinajstić information content (AvgIpc) is 3.52. The lowest BCUT2D eigenvalue weighted by Gasteiger charge is -2.35. The van der Waals surface area contributed by atoms with Crippen LogP contribution < -0.4 is 5.32 Å². The van der Waals surface area contributed by atoms with Crippen LogP contribution in [-0.4, -0.2) is 66.4 Å². The third kappa shape index (κ3) is 9.72. The highest BCUT2D eigenvalue weighted by Crippen LogP contribution is 2.54. The number of halogens is 7. The summed E-state index contributed by atoms with van der Waals surface area (Å²) in [6.45, 7) is 1.82. The highest BCUT2D eigenvalue weighted by Gasteiger charge is 2.55. The zero-order chi connectivity index (χ0) is 45.3. The number of benzene rings is 3. The third-order valence-corrected chi connectivity index (χ3v) is 11.0. The molecule has 2 atom stereocenters. The summed E-state index contributed by atoms with van der Waals surface area (Å²) in [6, 6.07) is 17.8. The molecule has 20 heteroatoms. The number of carbonyl (C=O) groups is 3. The van der Waals surface area contributed by atoms with Crippen molar-refractivity contribution in [3.05, 3.63) is 119 Å². The lowest BCUT2D eigenvalue weighted by atomic mass is 9.75. The van der Waals surface area contributed by atoms with E-state index < -0.39 is 78.6 Å². The number of esters is 1. The van der Waals surface area contributed by atoms with Crippen LogP contribution in [0.5, 0.6) is 0 Å². The van der Waals surface area contributed by atoms with Crippen molar-refractivity contribution in [1.82, 2.24) is 34.8 Å². The van der Waals surface area contributed by atoms with Crippen LogP contribution in [0.15, 0.2) is 96.5 Å². The standard InChI is InChI=1S/C43H41ClF6N8O5/c1-41(2,3)23-43(29-12-9-26(10-13-29)28-19-52-56(20-28)38(49)50)37(60)57(39(55-43)54-40(61)63-21-25-7-5-4-6-8-25)32(22-62-33(59)18-42(15-16-42)36(47)48)27-11-14-30(44)31(17-27)58-35(34(45)46)51-24-53-58/h4-14,17,19-20,24,32,34,36,38H,15-16,18,21-23H2,1-3H3,(H,54,55,61)/t32-,43-/m1/s1. The number of guanidine groups is 1. The van der Waals surface area contributed by atoms with Gasteiger partial charge >= 0.3 is 18.6 Å². The van der Waals surface area contributed by atoms with Crippen LogP contribution in [-0.2, 0) is 31.2 Å². The molecule has 0 unspecified atom stereocenters. The molecule has 5 aromatic rings. The van der Waals surface area contributed by atoms with E-state index >= 15 is 4.79 Å². The zero-order valence-corrected chi connectivity index (χ0v) is 34.8. The van der Waals surface area contributed by atoms with Gasteiger partial charge in [0.05, 0.1) is 29.4 Å². The molecule has 0 saturated heterocycles. The van der Waals surface area contributed by atoms with Crippen LogP contribution in [0.25, 0.3) is 16.8 Å². The maximum absolute atomic E-state index is 15.6. The van der Waals surface area contributed by atoms with Gasteiger partial charge in [0.1, 0.15) is 19.5 Å². The molecule has 0 spiro atoms. The maximum Gasteiger partial charge on any atom is 0.414 e. The molecule has 0 radical (unpaired) electrons. The van der Waals surface area contributed by atoms with Gasteiger partial charge in [0.25, 0.3) is 12.3 Å². The zero-order valence-electron chi connectivity index (χ0n) is 34.0. The van der Waals surface area contributed by atoms with E-state index in [1.165, 1.54) is 24.4 Å². The van der Waals surface area contributed by atoms with Gasteiger partial charge in [0.2, 0.25) is 12.4 Å². The summed E-state index contributed by atoms with van der Waals surface area (Å²) in [5.41, 5.74) is -2.22. The second-order valence-electron chi connectivity index (χ2n) is 16.5. The SMILES string of the molecule is CC(C)(C)C[C@]1(c2ccc(-c3cnn(C(F)F)c3)cc2)N=C(NC(=O)OCc2ccccc2)N([C@H](COC(=O)CC2(C(F)F)CC2)c2ccc(Cl)c(-n3ncnc3C(F)F)c2)C1=O. The summed E-state index contributed by atoms with van der Waals surface area (Å²) in [6.07, 6.45) is -3.97. The van der Waals surface area contributed by atoms with Crippen LogP contribution in [0.2, 0.25) is 5.02 Å². The first-order valence-corrected chi connectivity index (χ1v) is 20.0. The fourth-order valence-corrected chi connectivity index (χ4v) is 7.66. The Hall–Kier alpha value is -6.24. The van der Waals surface area contributed by atoms with Gasteiger partial charge in [-0.3, -0.25) is 19.8 Å². The Morgan fingerprint density at radius 1 is 0.921 bits per heavy atom. The Balaban J connectivity index is 1.34. The Kier molecular flexibility index (Phi) is 12.7. The van der Waals surface area contributed by atoms with Crippen molar-refractivity contribution in [2.24, 2.45) is 15.8 Å². The molecule has 1 aliphatic heterocycles. The summed E-state index contributed by atoms with van der Waals surface area (Å²) >= 11 is 6.54. The van der Waals surface area contributed by atoms with Crippen molar-refractivity contribution in [2.75, 3.05) is 6.61 Å². The molecule has 1 N–H and O–H groups in total. The van der Waals surface area contributed by atoms with Crippen molar-refractivity contribution in [3.8, 4) is 16.8 Å². The smallest absolute Gasteiger partial charge is 0.414 e. The van der Waals surface area contributed by atoms with Crippen molar-refractivity contribution >= 4 is 35.5 Å². The lowest BCUT2D eigenvalue weighted by Crippen LogP contribution is -2.49. The van der Waals surface area contributed by atoms with Gasteiger partial charge in [-0.2, -0.15) is 19.0 Å². The number of amides is 2. The largest absolute Gasteiger partial charge is 0.463 e. The van der Waals surface area contributed by atoms with Gasteiger partial charge in [0, 0.05) is 17.2 Å². The predicted octanol–water partition coefficient (Wildman–Crippen LogP) is 9.59. The lowest BCUT2D eigenvalue weighted by molar-refractivity contribution is -0.150. The topological polar surface area (TPSA) is 146 Å². The molecule has 2 aliphatic rings. The minimum atomic E-state index is -3.08. The van der Waals surface area contributed by atoms with E-state index in [4.69, 9.17) is 26.1 Å². The molecule has 7 rings (SSSR count). The van der Waals surface area contributed by atoms with Gasteiger partial charge in [-0.1, -0.05) is 93.0 Å². The van der Waals surface area contributed by atoms with Gasteiger partial charge in [-0.05, 0) is 59.1 Å². The van der Waals surface area contributed by atoms with Crippen molar-refractivity contribution in [3.63, 3.8) is 0 Å². The predicted molar refractivity (Wildman–Crippen MR) is 216 cm³/mol. The molecule has 332 valence electrons. The third-order valence-electron chi connectivity index (χ3n) is 10.7. The normalized spacial score (nSPS) is 17.6. The molecule has 1 saturated carbocycles. The molecule has 2 aromatic heterocycles. The minimum Gasteiger partial charge on any atom is -0.463 e.